The van der Waals surface area contributed by atoms with E-state index in [1.807, 2.05) is 0 Å². The molecule has 2 aromatic rings. The Kier molecular flexibility index (Phi) is 5.60. The van der Waals surface area contributed by atoms with E-state index >= 15 is 0 Å². The van der Waals surface area contributed by atoms with Gasteiger partial charge in [-0.2, -0.15) is 4.68 Å². The molecule has 13 nitrogen and oxygen atoms in total. The van der Waals surface area contributed by atoms with Crippen LogP contribution in [0.15, 0.2) is 30.0 Å². The highest BCUT2D eigenvalue weighted by Crippen LogP contribution is 2.31. The Labute approximate surface area is 189 Å². The van der Waals surface area contributed by atoms with Crippen molar-refractivity contribution in [3.05, 3.63) is 35.7 Å². The minimum absolute atomic E-state index is 0.00865. The lowest BCUT2D eigenvalue weighted by Crippen LogP contribution is -2.67. The van der Waals surface area contributed by atoms with Gasteiger partial charge in [-0.05, 0) is 30.2 Å². The molecular formula is C20H25N9O4. The Morgan fingerprint density at radius 1 is 1.21 bits per heavy atom. The number of β-amino-alcohol motifs (C(OH)–C–C–N with tert-alkyl or cyclic N) is 1. The number of carbonyl (C=O) groups is 2. The molecule has 1 amide bonds. The molecule has 2 aromatic heterocycles. The summed E-state index contributed by atoms with van der Waals surface area (Å²) in [7, 11) is 0. The van der Waals surface area contributed by atoms with Crippen LogP contribution in [0.3, 0.4) is 0 Å². The standard InChI is InChI=1S/C20H25N9O4/c1-13-15(11-33-18(13)31)28-7-4-23-20(19(28)32)2-5-27(6-3-20)10-16(30)14-8-22-17(9-21-14)29-12-24-25-26-29/h8-9,12,16,23,30H,2-7,10-11H2,1H3. The molecule has 174 valence electrons. The summed E-state index contributed by atoms with van der Waals surface area (Å²) in [4.78, 5) is 37.5. The lowest BCUT2D eigenvalue weighted by Gasteiger charge is -2.47. The normalized spacial score (nSPS) is 22.2. The van der Waals surface area contributed by atoms with Crippen LogP contribution < -0.4 is 5.32 Å². The molecule has 0 aromatic carbocycles. The van der Waals surface area contributed by atoms with Crippen LogP contribution in [0.1, 0.15) is 31.6 Å². The topological polar surface area (TPSA) is 151 Å². The van der Waals surface area contributed by atoms with Crippen LogP contribution in [-0.2, 0) is 14.3 Å². The van der Waals surface area contributed by atoms with Gasteiger partial charge in [0.2, 0.25) is 5.91 Å². The predicted molar refractivity (Wildman–Crippen MR) is 111 cm³/mol. The molecule has 13 heteroatoms. The molecule has 33 heavy (non-hydrogen) atoms. The fourth-order valence-corrected chi connectivity index (χ4v) is 4.58. The summed E-state index contributed by atoms with van der Waals surface area (Å²) in [6.45, 7) is 4.71. The molecule has 2 N–H and O–H groups in total. The van der Waals surface area contributed by atoms with E-state index in [1.165, 1.54) is 23.4 Å². The van der Waals surface area contributed by atoms with Gasteiger partial charge in [0.05, 0.1) is 29.4 Å². The van der Waals surface area contributed by atoms with Gasteiger partial charge in [-0.1, -0.05) is 0 Å². The number of hydrogen-bond acceptors (Lipinski definition) is 11. The average molecular weight is 455 g/mol. The first-order valence-electron chi connectivity index (χ1n) is 10.9. The number of aliphatic hydroxyl groups excluding tert-OH is 1. The van der Waals surface area contributed by atoms with Gasteiger partial charge in [0.15, 0.2) is 5.82 Å². The summed E-state index contributed by atoms with van der Waals surface area (Å²) in [5, 5.41) is 25.0. The number of nitrogens with zero attached hydrogens (tertiary/aromatic N) is 8. The van der Waals surface area contributed by atoms with E-state index in [0.29, 0.717) is 68.3 Å². The molecule has 2 saturated heterocycles. The first-order valence-corrected chi connectivity index (χ1v) is 10.9. The SMILES string of the molecule is CC1=C(N2CCNC3(CCN(CC(O)c4cnc(-n5cnnn5)cn4)CC3)C2=O)COC1=O. The molecule has 1 spiro atoms. The zero-order valence-corrected chi connectivity index (χ0v) is 18.2. The highest BCUT2D eigenvalue weighted by molar-refractivity contribution is 5.94. The fourth-order valence-electron chi connectivity index (χ4n) is 4.58. The molecule has 0 saturated carbocycles. The Morgan fingerprint density at radius 3 is 2.67 bits per heavy atom. The van der Waals surface area contributed by atoms with Gasteiger partial charge < -0.3 is 25.0 Å². The van der Waals surface area contributed by atoms with E-state index in [9.17, 15) is 14.7 Å². The monoisotopic (exact) mass is 455 g/mol. The second-order valence-electron chi connectivity index (χ2n) is 8.48. The van der Waals surface area contributed by atoms with Crippen LogP contribution in [0.5, 0.6) is 0 Å². The van der Waals surface area contributed by atoms with E-state index in [4.69, 9.17) is 4.74 Å². The lowest BCUT2D eigenvalue weighted by molar-refractivity contribution is -0.142. The number of piperidine rings is 1. The molecule has 5 rings (SSSR count). The third-order valence-corrected chi connectivity index (χ3v) is 6.58. The van der Waals surface area contributed by atoms with E-state index < -0.39 is 11.6 Å². The van der Waals surface area contributed by atoms with Crippen molar-refractivity contribution in [3.8, 4) is 5.82 Å². The number of piperazine rings is 1. The van der Waals surface area contributed by atoms with E-state index in [2.05, 4.69) is 35.7 Å². The first-order chi connectivity index (χ1) is 16.0. The van der Waals surface area contributed by atoms with Crippen LogP contribution >= 0.6 is 0 Å². The van der Waals surface area contributed by atoms with Crippen LogP contribution in [0.25, 0.3) is 5.82 Å². The smallest absolute Gasteiger partial charge is 0.336 e. The van der Waals surface area contributed by atoms with Crippen molar-refractivity contribution in [3.63, 3.8) is 0 Å². The first kappa shape index (κ1) is 21.6. The number of nitrogens with one attached hydrogen (secondary N) is 1. The Bertz CT molecular complexity index is 1060. The van der Waals surface area contributed by atoms with Crippen LogP contribution in [-0.4, -0.2) is 102 Å². The molecule has 0 bridgehead atoms. The van der Waals surface area contributed by atoms with E-state index in [0.717, 1.165) is 0 Å². The van der Waals surface area contributed by atoms with Crippen molar-refractivity contribution < 1.29 is 19.4 Å². The number of amides is 1. The number of aliphatic hydroxyl groups is 1. The third kappa shape index (κ3) is 3.98. The van der Waals surface area contributed by atoms with Crippen molar-refractivity contribution in [1.82, 2.24) is 45.3 Å². The van der Waals surface area contributed by atoms with Gasteiger partial charge in [0, 0.05) is 32.7 Å². The number of hydrogen-bond donors (Lipinski definition) is 2. The number of cyclic esters (lactones) is 1. The van der Waals surface area contributed by atoms with Crippen molar-refractivity contribution >= 4 is 11.9 Å². The number of aromatic nitrogens is 6. The number of ether oxygens (including phenoxy) is 1. The second-order valence-corrected chi connectivity index (χ2v) is 8.48. The summed E-state index contributed by atoms with van der Waals surface area (Å²) >= 11 is 0. The predicted octanol–water partition coefficient (Wildman–Crippen LogP) is -1.42. The van der Waals surface area contributed by atoms with Crippen molar-refractivity contribution in [2.75, 3.05) is 39.3 Å². The van der Waals surface area contributed by atoms with Gasteiger partial charge in [-0.15, -0.1) is 5.10 Å². The molecule has 1 unspecified atom stereocenters. The summed E-state index contributed by atoms with van der Waals surface area (Å²) < 4.78 is 6.49. The molecule has 3 aliphatic heterocycles. The van der Waals surface area contributed by atoms with Crippen LogP contribution in [0.4, 0.5) is 0 Å². The largest absolute Gasteiger partial charge is 0.456 e. The van der Waals surface area contributed by atoms with Gasteiger partial charge >= 0.3 is 5.97 Å². The minimum Gasteiger partial charge on any atom is -0.456 e. The maximum Gasteiger partial charge on any atom is 0.336 e. The maximum atomic E-state index is 13.4. The number of rotatable bonds is 5. The van der Waals surface area contributed by atoms with Gasteiger partial charge in [0.1, 0.15) is 24.6 Å². The summed E-state index contributed by atoms with van der Waals surface area (Å²) in [6, 6.07) is 0. The molecule has 0 aliphatic carbocycles. The summed E-state index contributed by atoms with van der Waals surface area (Å²) in [6.07, 6.45) is 4.85. The van der Waals surface area contributed by atoms with Gasteiger partial charge in [-0.3, -0.25) is 9.78 Å². The second kappa shape index (κ2) is 8.57. The Hall–Kier alpha value is -3.29. The number of likely N-dealkylation sites (tertiary alicyclic amines) is 1. The summed E-state index contributed by atoms with van der Waals surface area (Å²) in [5.74, 6) is 0.0935. The highest BCUT2D eigenvalue weighted by Gasteiger charge is 2.47. The Morgan fingerprint density at radius 2 is 2.03 bits per heavy atom. The molecule has 5 heterocycles. The fraction of sp³-hybridized carbons (Fsp3) is 0.550. The Balaban J connectivity index is 1.20. The van der Waals surface area contributed by atoms with Crippen molar-refractivity contribution in [2.24, 2.45) is 0 Å². The van der Waals surface area contributed by atoms with Gasteiger partial charge in [0.25, 0.3) is 0 Å². The third-order valence-electron chi connectivity index (χ3n) is 6.58. The quantitative estimate of drug-likeness (QED) is 0.511. The molecule has 1 atom stereocenters. The summed E-state index contributed by atoms with van der Waals surface area (Å²) in [5.41, 5.74) is 0.977. The van der Waals surface area contributed by atoms with Crippen LogP contribution in [0.2, 0.25) is 0 Å². The van der Waals surface area contributed by atoms with Gasteiger partial charge in [-0.25, -0.2) is 9.78 Å². The van der Waals surface area contributed by atoms with Crippen molar-refractivity contribution in [1.29, 1.82) is 0 Å². The zero-order valence-electron chi connectivity index (χ0n) is 18.2. The van der Waals surface area contributed by atoms with Crippen LogP contribution in [0, 0.1) is 0 Å². The minimum atomic E-state index is -0.810. The molecule has 2 fully saturated rings. The highest BCUT2D eigenvalue weighted by atomic mass is 16.5. The lowest BCUT2D eigenvalue weighted by atomic mass is 9.84. The number of tetrazole rings is 1. The maximum absolute atomic E-state index is 13.4. The molecular weight excluding hydrogens is 430 g/mol. The average Bonchev–Trinajstić information content (AvgIpc) is 3.48. The number of esters is 1. The number of carbonyl (C=O) groups excluding carboxylic acids is 2. The molecule has 0 radical (unpaired) electrons. The van der Waals surface area contributed by atoms with E-state index in [1.54, 1.807) is 11.8 Å². The molecule has 3 aliphatic rings. The van der Waals surface area contributed by atoms with Crippen molar-refractivity contribution in [2.45, 2.75) is 31.4 Å². The van der Waals surface area contributed by atoms with E-state index in [-0.39, 0.29) is 18.5 Å². The zero-order chi connectivity index (χ0) is 23.0.